The van der Waals surface area contributed by atoms with E-state index in [1.807, 2.05) is 30.5 Å². The third-order valence-electron chi connectivity index (χ3n) is 4.20. The highest BCUT2D eigenvalue weighted by molar-refractivity contribution is 5.91. The smallest absolute Gasteiger partial charge is 0.328 e. The molecule has 1 aromatic heterocycles. The monoisotopic (exact) mass is 300 g/mol. The van der Waals surface area contributed by atoms with Crippen LogP contribution in [-0.2, 0) is 20.7 Å². The molecule has 0 aliphatic heterocycles. The maximum atomic E-state index is 12.7. The van der Waals surface area contributed by atoms with Crippen LogP contribution in [0, 0.1) is 0 Å². The fraction of sp³-hybridized carbons (Fsp3) is 0.412. The minimum atomic E-state index is -0.532. The zero-order valence-corrected chi connectivity index (χ0v) is 12.8. The number of carbonyl (C=O) groups is 2. The number of aromatic nitrogens is 1. The second-order valence-corrected chi connectivity index (χ2v) is 5.77. The number of benzene rings is 1. The summed E-state index contributed by atoms with van der Waals surface area (Å²) in [6, 6.07) is 7.54. The molecule has 1 amide bonds. The number of nitrogens with zero attached hydrogens (tertiary/aromatic N) is 1. The molecular weight excluding hydrogens is 280 g/mol. The van der Waals surface area contributed by atoms with Crippen LogP contribution in [-0.4, -0.2) is 41.0 Å². The zero-order valence-electron chi connectivity index (χ0n) is 12.8. The van der Waals surface area contributed by atoms with Crippen molar-refractivity contribution in [2.75, 3.05) is 7.11 Å². The molecule has 1 aromatic carbocycles. The van der Waals surface area contributed by atoms with Crippen molar-refractivity contribution in [2.45, 2.75) is 38.3 Å². The largest absolute Gasteiger partial charge is 0.467 e. The van der Waals surface area contributed by atoms with E-state index in [0.717, 1.165) is 29.3 Å². The molecule has 1 N–H and O–H groups in total. The summed E-state index contributed by atoms with van der Waals surface area (Å²) >= 11 is 0. The summed E-state index contributed by atoms with van der Waals surface area (Å²) in [5.74, 6) is -0.385. The van der Waals surface area contributed by atoms with Crippen LogP contribution in [0.5, 0.6) is 0 Å². The van der Waals surface area contributed by atoms with Crippen molar-refractivity contribution in [3.63, 3.8) is 0 Å². The molecule has 0 radical (unpaired) electrons. The van der Waals surface area contributed by atoms with Crippen molar-refractivity contribution < 1.29 is 14.3 Å². The normalized spacial score (nSPS) is 15.5. The molecular formula is C17H20N2O3. The summed E-state index contributed by atoms with van der Waals surface area (Å²) in [6.45, 7) is 1.73. The average molecular weight is 300 g/mol. The fourth-order valence-electron chi connectivity index (χ4n) is 2.90. The quantitative estimate of drug-likeness (QED) is 0.862. The summed E-state index contributed by atoms with van der Waals surface area (Å²) in [5.41, 5.74) is 1.98. The number of esters is 1. The van der Waals surface area contributed by atoms with Gasteiger partial charge in [0.2, 0.25) is 5.91 Å². The van der Waals surface area contributed by atoms with Crippen molar-refractivity contribution in [3.8, 4) is 0 Å². The first-order chi connectivity index (χ1) is 10.6. The summed E-state index contributed by atoms with van der Waals surface area (Å²) in [6.07, 6.45) is 4.08. The summed E-state index contributed by atoms with van der Waals surface area (Å²) in [5, 5.41) is 1.05. The van der Waals surface area contributed by atoms with E-state index < -0.39 is 6.04 Å². The lowest BCUT2D eigenvalue weighted by Gasteiger charge is -2.27. The van der Waals surface area contributed by atoms with Crippen LogP contribution in [0.1, 0.15) is 25.3 Å². The molecule has 1 aliphatic carbocycles. The maximum absolute atomic E-state index is 12.7. The van der Waals surface area contributed by atoms with Gasteiger partial charge in [-0.3, -0.25) is 4.79 Å². The molecule has 0 bridgehead atoms. The molecule has 5 nitrogen and oxygen atoms in total. The van der Waals surface area contributed by atoms with Crippen molar-refractivity contribution in [1.82, 2.24) is 9.88 Å². The Morgan fingerprint density at radius 1 is 1.36 bits per heavy atom. The molecule has 3 rings (SSSR count). The zero-order chi connectivity index (χ0) is 15.7. The van der Waals surface area contributed by atoms with Gasteiger partial charge in [0.15, 0.2) is 0 Å². The van der Waals surface area contributed by atoms with E-state index in [2.05, 4.69) is 4.98 Å². The van der Waals surface area contributed by atoms with Crippen molar-refractivity contribution in [1.29, 1.82) is 0 Å². The Hall–Kier alpha value is -2.30. The Morgan fingerprint density at radius 3 is 2.77 bits per heavy atom. The number of carbonyl (C=O) groups excluding carboxylic acids is 2. The van der Waals surface area contributed by atoms with E-state index in [1.165, 1.54) is 7.11 Å². The molecule has 0 spiro atoms. The maximum Gasteiger partial charge on any atom is 0.328 e. The number of fused-ring (bicyclic) bond motifs is 1. The Balaban J connectivity index is 1.81. The van der Waals surface area contributed by atoms with E-state index in [9.17, 15) is 9.59 Å². The number of para-hydroxylation sites is 1. The van der Waals surface area contributed by atoms with Gasteiger partial charge in [-0.15, -0.1) is 0 Å². The number of amides is 1. The predicted octanol–water partition coefficient (Wildman–Crippen LogP) is 2.26. The third-order valence-corrected chi connectivity index (χ3v) is 4.20. The average Bonchev–Trinajstić information content (AvgIpc) is 3.28. The van der Waals surface area contributed by atoms with Gasteiger partial charge in [0.25, 0.3) is 0 Å². The number of ether oxygens (including phenoxy) is 1. The molecule has 1 atom stereocenters. The Bertz CT molecular complexity index is 703. The minimum Gasteiger partial charge on any atom is -0.467 e. The number of hydrogen-bond acceptors (Lipinski definition) is 3. The van der Waals surface area contributed by atoms with Gasteiger partial charge < -0.3 is 14.6 Å². The molecule has 0 saturated heterocycles. The van der Waals surface area contributed by atoms with Crippen LogP contribution < -0.4 is 0 Å². The van der Waals surface area contributed by atoms with Gasteiger partial charge in [0, 0.05) is 23.1 Å². The van der Waals surface area contributed by atoms with Gasteiger partial charge in [0.1, 0.15) is 6.04 Å². The number of hydrogen-bond donors (Lipinski definition) is 1. The molecule has 22 heavy (non-hydrogen) atoms. The molecule has 2 aromatic rings. The Morgan fingerprint density at radius 2 is 2.09 bits per heavy atom. The van der Waals surface area contributed by atoms with Crippen LogP contribution in [0.3, 0.4) is 0 Å². The van der Waals surface area contributed by atoms with Gasteiger partial charge in [-0.05, 0) is 31.4 Å². The summed E-state index contributed by atoms with van der Waals surface area (Å²) in [4.78, 5) is 29.4. The van der Waals surface area contributed by atoms with Crippen LogP contribution in [0.4, 0.5) is 0 Å². The van der Waals surface area contributed by atoms with E-state index in [0.29, 0.717) is 6.42 Å². The first-order valence-corrected chi connectivity index (χ1v) is 7.55. The minimum absolute atomic E-state index is 0.0230. The lowest BCUT2D eigenvalue weighted by atomic mass is 10.1. The highest BCUT2D eigenvalue weighted by Gasteiger charge is 2.38. The van der Waals surface area contributed by atoms with E-state index in [4.69, 9.17) is 4.74 Å². The van der Waals surface area contributed by atoms with Gasteiger partial charge in [0.05, 0.1) is 13.5 Å². The van der Waals surface area contributed by atoms with Crippen LogP contribution >= 0.6 is 0 Å². The Labute approximate surface area is 129 Å². The lowest BCUT2D eigenvalue weighted by molar-refractivity contribution is -0.152. The Kier molecular flexibility index (Phi) is 3.88. The molecule has 0 unspecified atom stereocenters. The first kappa shape index (κ1) is 14.6. The molecule has 1 aliphatic rings. The highest BCUT2D eigenvalue weighted by Crippen LogP contribution is 2.30. The van der Waals surface area contributed by atoms with Gasteiger partial charge in [-0.1, -0.05) is 18.2 Å². The van der Waals surface area contributed by atoms with Gasteiger partial charge in [-0.25, -0.2) is 4.79 Å². The topological polar surface area (TPSA) is 62.4 Å². The predicted molar refractivity (Wildman–Crippen MR) is 83.3 cm³/mol. The van der Waals surface area contributed by atoms with Crippen molar-refractivity contribution >= 4 is 22.8 Å². The number of nitrogens with one attached hydrogen (secondary N) is 1. The molecule has 1 fully saturated rings. The molecule has 1 saturated carbocycles. The number of methoxy groups -OCH3 is 1. The number of H-pyrrole nitrogens is 1. The third kappa shape index (κ3) is 2.71. The van der Waals surface area contributed by atoms with Crippen LogP contribution in [0.15, 0.2) is 30.5 Å². The first-order valence-electron chi connectivity index (χ1n) is 7.55. The van der Waals surface area contributed by atoms with Crippen molar-refractivity contribution in [3.05, 3.63) is 36.0 Å². The molecule has 116 valence electrons. The summed E-state index contributed by atoms with van der Waals surface area (Å²) < 4.78 is 4.79. The highest BCUT2D eigenvalue weighted by atomic mass is 16.5. The molecule has 1 heterocycles. The fourth-order valence-corrected chi connectivity index (χ4v) is 2.90. The van der Waals surface area contributed by atoms with Crippen LogP contribution in [0.2, 0.25) is 0 Å². The second kappa shape index (κ2) is 5.83. The van der Waals surface area contributed by atoms with E-state index >= 15 is 0 Å². The van der Waals surface area contributed by atoms with Crippen molar-refractivity contribution in [2.24, 2.45) is 0 Å². The van der Waals surface area contributed by atoms with Gasteiger partial charge in [-0.2, -0.15) is 0 Å². The van der Waals surface area contributed by atoms with Crippen LogP contribution in [0.25, 0.3) is 10.9 Å². The van der Waals surface area contributed by atoms with Gasteiger partial charge >= 0.3 is 5.97 Å². The van der Waals surface area contributed by atoms with E-state index in [1.54, 1.807) is 11.8 Å². The molecule has 5 heteroatoms. The summed E-state index contributed by atoms with van der Waals surface area (Å²) in [7, 11) is 1.36. The SMILES string of the molecule is COC(=O)[C@@H](C)N(C(=O)Cc1c[nH]c2ccccc12)C1CC1. The standard InChI is InChI=1S/C17H20N2O3/c1-11(17(21)22-2)19(13-7-8-13)16(20)9-12-10-18-15-6-4-3-5-14(12)15/h3-6,10-11,13,18H,7-9H2,1-2H3/t11-/m1/s1. The number of rotatable bonds is 5. The number of aromatic amines is 1. The lowest BCUT2D eigenvalue weighted by Crippen LogP contribution is -2.45. The van der Waals surface area contributed by atoms with E-state index in [-0.39, 0.29) is 17.9 Å². The second-order valence-electron chi connectivity index (χ2n) is 5.77.